The van der Waals surface area contributed by atoms with Crippen LogP contribution in [0, 0.1) is 0 Å². The number of thiocarbonyl (C=S) groups is 1. The zero-order chi connectivity index (χ0) is 5.98. The zero-order valence-corrected chi connectivity index (χ0v) is 5.04. The first-order valence-electron chi connectivity index (χ1n) is 2.35. The molecule has 0 N–H and O–H groups in total. The fourth-order valence-corrected chi connectivity index (χ4v) is 0.658. The third kappa shape index (κ3) is 1.23. The quantitative estimate of drug-likeness (QED) is 0.450. The first kappa shape index (κ1) is 5.63. The fourth-order valence-electron chi connectivity index (χ4n) is 0.507. The Bertz CT molecular complexity index is 165. The molecule has 0 aromatic rings. The first-order chi connectivity index (χ1) is 3.79. The van der Waals surface area contributed by atoms with Crippen LogP contribution in [-0.4, -0.2) is 4.86 Å². The topological polar surface area (TPSA) is 0 Å². The van der Waals surface area contributed by atoms with Crippen molar-refractivity contribution in [3.8, 4) is 0 Å². The highest BCUT2D eigenvalue weighted by atomic mass is 32.1. The summed E-state index contributed by atoms with van der Waals surface area (Å²) >= 11 is 4.76. The van der Waals surface area contributed by atoms with Gasteiger partial charge in [-0.3, -0.25) is 0 Å². The largest absolute Gasteiger partial charge is 0.207 e. The summed E-state index contributed by atoms with van der Waals surface area (Å²) in [7, 11) is 0. The van der Waals surface area contributed by atoms with Gasteiger partial charge >= 0.3 is 0 Å². The highest BCUT2D eigenvalue weighted by Crippen LogP contribution is 2.07. The molecule has 0 bridgehead atoms. The van der Waals surface area contributed by atoms with Crippen LogP contribution in [0.5, 0.6) is 0 Å². The van der Waals surface area contributed by atoms with E-state index in [-0.39, 0.29) is 5.83 Å². The Balaban J connectivity index is 2.71. The maximum absolute atomic E-state index is 12.1. The van der Waals surface area contributed by atoms with Crippen LogP contribution in [0.4, 0.5) is 4.39 Å². The summed E-state index contributed by atoms with van der Waals surface area (Å²) in [6.45, 7) is 0. The zero-order valence-electron chi connectivity index (χ0n) is 4.23. The van der Waals surface area contributed by atoms with Crippen molar-refractivity contribution in [2.45, 2.75) is 6.42 Å². The molecule has 42 valence electrons. The minimum atomic E-state index is -0.182. The summed E-state index contributed by atoms with van der Waals surface area (Å²) in [5, 5.41) is 0. The Morgan fingerprint density at radius 2 is 2.25 bits per heavy atom. The third-order valence-corrected chi connectivity index (χ3v) is 1.23. The molecule has 0 spiro atoms. The number of hydrogen-bond donors (Lipinski definition) is 0. The van der Waals surface area contributed by atoms with Gasteiger partial charge in [-0.1, -0.05) is 12.2 Å². The van der Waals surface area contributed by atoms with Crippen LogP contribution in [0.2, 0.25) is 0 Å². The molecule has 0 fully saturated rings. The summed E-state index contributed by atoms with van der Waals surface area (Å²) in [5.74, 6) is -0.182. The van der Waals surface area contributed by atoms with E-state index in [9.17, 15) is 4.39 Å². The van der Waals surface area contributed by atoms with Crippen molar-refractivity contribution < 1.29 is 4.39 Å². The van der Waals surface area contributed by atoms with Crippen molar-refractivity contribution in [1.29, 1.82) is 0 Å². The van der Waals surface area contributed by atoms with E-state index in [1.165, 1.54) is 12.2 Å². The molecule has 0 radical (unpaired) electrons. The fraction of sp³-hybridized carbons (Fsp3) is 0.167. The maximum atomic E-state index is 12.1. The number of rotatable bonds is 0. The van der Waals surface area contributed by atoms with E-state index >= 15 is 0 Å². The SMILES string of the molecule is FC1=CCC(=S)C=C1. The number of halogens is 1. The van der Waals surface area contributed by atoms with Gasteiger partial charge in [0.25, 0.3) is 0 Å². The van der Waals surface area contributed by atoms with E-state index < -0.39 is 0 Å². The van der Waals surface area contributed by atoms with E-state index in [2.05, 4.69) is 0 Å². The molecule has 0 amide bonds. The van der Waals surface area contributed by atoms with Crippen LogP contribution in [0.25, 0.3) is 0 Å². The molecule has 2 heteroatoms. The van der Waals surface area contributed by atoms with Crippen molar-refractivity contribution in [3.63, 3.8) is 0 Å². The minimum Gasteiger partial charge on any atom is -0.207 e. The first-order valence-corrected chi connectivity index (χ1v) is 2.76. The minimum absolute atomic E-state index is 0.182. The predicted octanol–water partition coefficient (Wildman–Crippen LogP) is 2.17. The summed E-state index contributed by atoms with van der Waals surface area (Å²) < 4.78 is 12.1. The van der Waals surface area contributed by atoms with Crippen LogP contribution < -0.4 is 0 Å². The average molecular weight is 128 g/mol. The second kappa shape index (κ2) is 2.18. The van der Waals surface area contributed by atoms with E-state index in [1.54, 1.807) is 6.08 Å². The van der Waals surface area contributed by atoms with Gasteiger partial charge in [-0.2, -0.15) is 0 Å². The van der Waals surface area contributed by atoms with Gasteiger partial charge in [0.1, 0.15) is 5.83 Å². The molecule has 0 unspecified atom stereocenters. The highest BCUT2D eigenvalue weighted by Gasteiger charge is 1.96. The molecule has 0 nitrogen and oxygen atoms in total. The van der Waals surface area contributed by atoms with Crippen LogP contribution in [0.1, 0.15) is 6.42 Å². The van der Waals surface area contributed by atoms with E-state index in [0.29, 0.717) is 6.42 Å². The smallest absolute Gasteiger partial charge is 0.119 e. The van der Waals surface area contributed by atoms with Gasteiger partial charge in [0, 0.05) is 11.3 Å². The summed E-state index contributed by atoms with van der Waals surface area (Å²) in [4.78, 5) is 0.798. The van der Waals surface area contributed by atoms with Gasteiger partial charge in [0.05, 0.1) is 0 Å². The molecule has 1 rings (SSSR count). The molecule has 0 saturated heterocycles. The normalized spacial score (nSPS) is 18.6. The lowest BCUT2D eigenvalue weighted by Crippen LogP contribution is -1.90. The van der Waals surface area contributed by atoms with Gasteiger partial charge < -0.3 is 0 Å². The van der Waals surface area contributed by atoms with Crippen LogP contribution >= 0.6 is 12.2 Å². The van der Waals surface area contributed by atoms with Crippen molar-refractivity contribution in [2.24, 2.45) is 0 Å². The third-order valence-electron chi connectivity index (χ3n) is 0.927. The molecule has 0 heterocycles. The molecule has 0 atom stereocenters. The molecule has 1 aliphatic rings. The Hall–Kier alpha value is -0.500. The van der Waals surface area contributed by atoms with Crippen molar-refractivity contribution >= 4 is 17.1 Å². The molecular weight excluding hydrogens is 123 g/mol. The lowest BCUT2D eigenvalue weighted by molar-refractivity contribution is 0.662. The maximum Gasteiger partial charge on any atom is 0.119 e. The van der Waals surface area contributed by atoms with Crippen LogP contribution in [0.3, 0.4) is 0 Å². The Kier molecular flexibility index (Phi) is 1.53. The van der Waals surface area contributed by atoms with Crippen LogP contribution in [-0.2, 0) is 0 Å². The lowest BCUT2D eigenvalue weighted by atomic mass is 10.2. The van der Waals surface area contributed by atoms with Gasteiger partial charge in [-0.15, -0.1) is 0 Å². The molecule has 0 aromatic carbocycles. The van der Waals surface area contributed by atoms with Crippen molar-refractivity contribution in [1.82, 2.24) is 0 Å². The Labute approximate surface area is 52.7 Å². The van der Waals surface area contributed by atoms with Crippen molar-refractivity contribution in [2.75, 3.05) is 0 Å². The van der Waals surface area contributed by atoms with E-state index in [1.807, 2.05) is 0 Å². The molecule has 0 saturated carbocycles. The standard InChI is InChI=1S/C6H5FS/c7-5-1-3-6(8)4-2-5/h1-3H,4H2. The molecule has 8 heavy (non-hydrogen) atoms. The summed E-state index contributed by atoms with van der Waals surface area (Å²) in [6.07, 6.45) is 5.05. The van der Waals surface area contributed by atoms with Crippen LogP contribution in [0.15, 0.2) is 24.1 Å². The predicted molar refractivity (Wildman–Crippen MR) is 35.5 cm³/mol. The van der Waals surface area contributed by atoms with Gasteiger partial charge in [0.15, 0.2) is 0 Å². The second-order valence-corrected chi connectivity index (χ2v) is 2.12. The Morgan fingerprint density at radius 3 is 2.62 bits per heavy atom. The Morgan fingerprint density at radius 1 is 1.50 bits per heavy atom. The summed E-state index contributed by atoms with van der Waals surface area (Å²) in [6, 6.07) is 0. The average Bonchev–Trinajstić information content (AvgIpc) is 1.77. The molecule has 1 aliphatic carbocycles. The van der Waals surface area contributed by atoms with E-state index in [4.69, 9.17) is 12.2 Å². The number of hydrogen-bond acceptors (Lipinski definition) is 1. The summed E-state index contributed by atoms with van der Waals surface area (Å²) in [5.41, 5.74) is 0. The monoisotopic (exact) mass is 128 g/mol. The van der Waals surface area contributed by atoms with Gasteiger partial charge in [-0.05, 0) is 18.2 Å². The molecule has 0 aromatic heterocycles. The van der Waals surface area contributed by atoms with Crippen molar-refractivity contribution in [3.05, 3.63) is 24.1 Å². The molecular formula is C6H5FS. The second-order valence-electron chi connectivity index (χ2n) is 1.59. The lowest BCUT2D eigenvalue weighted by Gasteiger charge is -1.96. The number of allylic oxidation sites excluding steroid dienone is 4. The highest BCUT2D eigenvalue weighted by molar-refractivity contribution is 7.80. The van der Waals surface area contributed by atoms with E-state index in [0.717, 1.165) is 4.86 Å². The van der Waals surface area contributed by atoms with Gasteiger partial charge in [0.2, 0.25) is 0 Å². The van der Waals surface area contributed by atoms with Gasteiger partial charge in [-0.25, -0.2) is 4.39 Å². The molecule has 0 aliphatic heterocycles.